The molecule has 128 valence electrons. The first-order chi connectivity index (χ1) is 11.7. The van der Waals surface area contributed by atoms with Crippen molar-refractivity contribution in [3.8, 4) is 11.5 Å². The summed E-state index contributed by atoms with van der Waals surface area (Å²) in [5.74, 6) is 1.40. The Labute approximate surface area is 143 Å². The van der Waals surface area contributed by atoms with Crippen molar-refractivity contribution in [2.24, 2.45) is 0 Å². The van der Waals surface area contributed by atoms with Gasteiger partial charge < -0.3 is 20.1 Å². The minimum absolute atomic E-state index is 0.122. The van der Waals surface area contributed by atoms with Crippen molar-refractivity contribution < 1.29 is 14.3 Å². The van der Waals surface area contributed by atoms with E-state index in [2.05, 4.69) is 17.6 Å². The first-order valence-electron chi connectivity index (χ1n) is 8.12. The fourth-order valence-corrected chi connectivity index (χ4v) is 2.12. The average Bonchev–Trinajstić information content (AvgIpc) is 2.62. The van der Waals surface area contributed by atoms with E-state index >= 15 is 0 Å². The van der Waals surface area contributed by atoms with Crippen molar-refractivity contribution in [1.82, 2.24) is 0 Å². The van der Waals surface area contributed by atoms with E-state index in [0.29, 0.717) is 6.61 Å². The summed E-state index contributed by atoms with van der Waals surface area (Å²) in [5, 5.41) is 5.96. The number of ether oxygens (including phenoxy) is 2. The van der Waals surface area contributed by atoms with Crippen molar-refractivity contribution in [1.29, 1.82) is 0 Å². The zero-order chi connectivity index (χ0) is 17.2. The number of amides is 1. The molecule has 0 bridgehead atoms. The van der Waals surface area contributed by atoms with Crippen LogP contribution in [0.15, 0.2) is 48.5 Å². The zero-order valence-corrected chi connectivity index (χ0v) is 14.2. The molecule has 0 aliphatic rings. The van der Waals surface area contributed by atoms with E-state index in [0.717, 1.165) is 35.7 Å². The van der Waals surface area contributed by atoms with E-state index in [1.54, 1.807) is 31.4 Å². The van der Waals surface area contributed by atoms with Gasteiger partial charge in [-0.25, -0.2) is 0 Å². The van der Waals surface area contributed by atoms with Crippen molar-refractivity contribution in [2.45, 2.75) is 19.8 Å². The molecule has 24 heavy (non-hydrogen) atoms. The lowest BCUT2D eigenvalue weighted by atomic mass is 10.2. The van der Waals surface area contributed by atoms with Crippen LogP contribution in [0.5, 0.6) is 11.5 Å². The van der Waals surface area contributed by atoms with E-state index in [1.807, 2.05) is 24.3 Å². The number of para-hydroxylation sites is 2. The predicted molar refractivity (Wildman–Crippen MR) is 97.0 cm³/mol. The van der Waals surface area contributed by atoms with E-state index in [1.165, 1.54) is 0 Å². The molecular weight excluding hydrogens is 304 g/mol. The molecule has 2 N–H and O–H groups in total. The van der Waals surface area contributed by atoms with Crippen molar-refractivity contribution in [2.75, 3.05) is 30.9 Å². The van der Waals surface area contributed by atoms with Crippen LogP contribution in [0.3, 0.4) is 0 Å². The highest BCUT2D eigenvalue weighted by Crippen LogP contribution is 2.23. The van der Waals surface area contributed by atoms with Gasteiger partial charge in [-0.3, -0.25) is 4.79 Å². The number of hydrogen-bond donors (Lipinski definition) is 2. The number of anilines is 2. The molecule has 0 saturated carbocycles. The number of carbonyl (C=O) groups excluding carboxylic acids is 1. The van der Waals surface area contributed by atoms with Gasteiger partial charge in [0.15, 0.2) is 0 Å². The Hall–Kier alpha value is -2.69. The summed E-state index contributed by atoms with van der Waals surface area (Å²) in [4.78, 5) is 12.1. The van der Waals surface area contributed by atoms with Gasteiger partial charge >= 0.3 is 0 Å². The maximum atomic E-state index is 12.1. The van der Waals surface area contributed by atoms with Gasteiger partial charge in [-0.1, -0.05) is 25.5 Å². The highest BCUT2D eigenvalue weighted by atomic mass is 16.5. The Bertz CT molecular complexity index is 641. The van der Waals surface area contributed by atoms with Crippen LogP contribution in [0.1, 0.15) is 19.8 Å². The third kappa shape index (κ3) is 5.50. The first kappa shape index (κ1) is 17.7. The quantitative estimate of drug-likeness (QED) is 0.685. The Morgan fingerprint density at radius 2 is 1.83 bits per heavy atom. The van der Waals surface area contributed by atoms with E-state index in [4.69, 9.17) is 9.47 Å². The Kier molecular flexibility index (Phi) is 6.95. The molecule has 0 spiro atoms. The van der Waals surface area contributed by atoms with Crippen molar-refractivity contribution >= 4 is 17.3 Å². The second kappa shape index (κ2) is 9.45. The molecule has 0 aliphatic heterocycles. The summed E-state index contributed by atoms with van der Waals surface area (Å²) in [5.41, 5.74) is 1.55. The maximum absolute atomic E-state index is 12.1. The van der Waals surface area contributed by atoms with Crippen LogP contribution in [-0.2, 0) is 4.79 Å². The molecule has 1 amide bonds. The van der Waals surface area contributed by atoms with Crippen molar-refractivity contribution in [3.05, 3.63) is 48.5 Å². The number of unbranched alkanes of at least 4 members (excludes halogenated alkanes) is 1. The second-order valence-electron chi connectivity index (χ2n) is 5.33. The standard InChI is InChI=1S/C19H24N2O3/c1-3-4-13-24-18-8-6-5-7-17(18)20-14-19(22)21-15-9-11-16(23-2)12-10-15/h5-12,20H,3-4,13-14H2,1-2H3,(H,21,22). The molecule has 0 unspecified atom stereocenters. The lowest BCUT2D eigenvalue weighted by Crippen LogP contribution is -2.22. The summed E-state index contributed by atoms with van der Waals surface area (Å²) in [6.45, 7) is 2.96. The molecule has 5 nitrogen and oxygen atoms in total. The highest BCUT2D eigenvalue weighted by Gasteiger charge is 2.06. The fourth-order valence-electron chi connectivity index (χ4n) is 2.12. The molecule has 0 aliphatic carbocycles. The number of methoxy groups -OCH3 is 1. The molecule has 0 aromatic heterocycles. The van der Waals surface area contributed by atoms with Gasteiger partial charge in [-0.15, -0.1) is 0 Å². The van der Waals surface area contributed by atoms with Crippen LogP contribution in [0.25, 0.3) is 0 Å². The van der Waals surface area contributed by atoms with E-state index < -0.39 is 0 Å². The maximum Gasteiger partial charge on any atom is 0.243 e. The van der Waals surface area contributed by atoms with Gasteiger partial charge in [0.05, 0.1) is 25.9 Å². The van der Waals surface area contributed by atoms with Gasteiger partial charge in [0.2, 0.25) is 5.91 Å². The molecule has 5 heteroatoms. The van der Waals surface area contributed by atoms with Crippen LogP contribution in [0.4, 0.5) is 11.4 Å². The molecule has 0 radical (unpaired) electrons. The van der Waals surface area contributed by atoms with Crippen LogP contribution in [0, 0.1) is 0 Å². The van der Waals surface area contributed by atoms with Crippen molar-refractivity contribution in [3.63, 3.8) is 0 Å². The largest absolute Gasteiger partial charge is 0.497 e. The molecular formula is C19H24N2O3. The molecule has 2 aromatic rings. The molecule has 0 heterocycles. The first-order valence-corrected chi connectivity index (χ1v) is 8.12. The van der Waals surface area contributed by atoms with Crippen LogP contribution in [-0.4, -0.2) is 26.2 Å². The van der Waals surface area contributed by atoms with Gasteiger partial charge in [0.1, 0.15) is 11.5 Å². The van der Waals surface area contributed by atoms with Gasteiger partial charge in [0, 0.05) is 5.69 Å². The summed E-state index contributed by atoms with van der Waals surface area (Å²) in [6, 6.07) is 14.9. The Morgan fingerprint density at radius 1 is 1.08 bits per heavy atom. The Balaban J connectivity index is 1.86. The minimum Gasteiger partial charge on any atom is -0.497 e. The topological polar surface area (TPSA) is 59.6 Å². The lowest BCUT2D eigenvalue weighted by molar-refractivity contribution is -0.114. The number of carbonyl (C=O) groups is 1. The van der Waals surface area contributed by atoms with Gasteiger partial charge in [0.25, 0.3) is 0 Å². The smallest absolute Gasteiger partial charge is 0.243 e. The summed E-state index contributed by atoms with van der Waals surface area (Å²) >= 11 is 0. The predicted octanol–water partition coefficient (Wildman–Crippen LogP) is 3.92. The molecule has 2 aromatic carbocycles. The lowest BCUT2D eigenvalue weighted by Gasteiger charge is -2.13. The molecule has 0 fully saturated rings. The SMILES string of the molecule is CCCCOc1ccccc1NCC(=O)Nc1ccc(OC)cc1. The van der Waals surface area contributed by atoms with E-state index in [9.17, 15) is 4.79 Å². The highest BCUT2D eigenvalue weighted by molar-refractivity contribution is 5.94. The second-order valence-corrected chi connectivity index (χ2v) is 5.33. The molecule has 0 saturated heterocycles. The fraction of sp³-hybridized carbons (Fsp3) is 0.316. The van der Waals surface area contributed by atoms with Gasteiger partial charge in [-0.05, 0) is 42.8 Å². The van der Waals surface area contributed by atoms with Gasteiger partial charge in [-0.2, -0.15) is 0 Å². The average molecular weight is 328 g/mol. The third-order valence-corrected chi connectivity index (χ3v) is 3.46. The number of nitrogens with one attached hydrogen (secondary N) is 2. The van der Waals surface area contributed by atoms with Crippen LogP contribution in [0.2, 0.25) is 0 Å². The minimum atomic E-state index is -0.122. The van der Waals surface area contributed by atoms with Crippen LogP contribution < -0.4 is 20.1 Å². The molecule has 2 rings (SSSR count). The summed E-state index contributed by atoms with van der Waals surface area (Å²) in [7, 11) is 1.61. The summed E-state index contributed by atoms with van der Waals surface area (Å²) in [6.07, 6.45) is 2.09. The molecule has 0 atom stereocenters. The zero-order valence-electron chi connectivity index (χ0n) is 14.2. The normalized spacial score (nSPS) is 10.1. The number of rotatable bonds is 9. The summed E-state index contributed by atoms with van der Waals surface area (Å²) < 4.78 is 10.8. The van der Waals surface area contributed by atoms with Crippen LogP contribution >= 0.6 is 0 Å². The number of hydrogen-bond acceptors (Lipinski definition) is 4. The third-order valence-electron chi connectivity index (χ3n) is 3.46. The van der Waals surface area contributed by atoms with E-state index in [-0.39, 0.29) is 12.5 Å². The number of benzene rings is 2. The Morgan fingerprint density at radius 3 is 2.54 bits per heavy atom. The monoisotopic (exact) mass is 328 g/mol.